The molecule has 0 aliphatic carbocycles. The zero-order chi connectivity index (χ0) is 33.0. The fourth-order valence-corrected chi connectivity index (χ4v) is 6.44. The Morgan fingerprint density at radius 2 is 1.05 bits per heavy atom. The molecule has 7 aromatic carbocycles. The van der Waals surface area contributed by atoms with Gasteiger partial charge in [-0.3, -0.25) is 4.57 Å². The second kappa shape index (κ2) is 10.4. The Kier molecular flexibility index (Phi) is 4.95. The summed E-state index contributed by atoms with van der Waals surface area (Å²) >= 11 is 0. The van der Waals surface area contributed by atoms with Crippen LogP contribution >= 0.6 is 0 Å². The van der Waals surface area contributed by atoms with Gasteiger partial charge in [0, 0.05) is 18.8 Å². The molecule has 43 heavy (non-hydrogen) atoms. The van der Waals surface area contributed by atoms with Gasteiger partial charge in [-0.1, -0.05) is 140 Å². The van der Waals surface area contributed by atoms with E-state index in [4.69, 9.17) is 6.85 Å². The lowest BCUT2D eigenvalue weighted by molar-refractivity contribution is 0.909. The molecule has 204 valence electrons. The molecule has 0 amide bonds. The Morgan fingerprint density at radius 3 is 1.70 bits per heavy atom. The minimum Gasteiger partial charge on any atom is -0.296 e. The first-order valence-corrected chi connectivity index (χ1v) is 14.4. The Bertz CT molecular complexity index is 2400. The first kappa shape index (κ1) is 20.4. The molecule has 0 radical (unpaired) electrons. The monoisotopic (exact) mass is 555 g/mol. The van der Waals surface area contributed by atoms with Crippen LogP contribution in [0.5, 0.6) is 0 Å². The number of fused-ring (bicyclic) bond motifs is 3. The second-order valence-electron chi connectivity index (χ2n) is 10.7. The molecule has 8 aromatic rings. The van der Waals surface area contributed by atoms with E-state index in [1.54, 1.807) is 10.6 Å². The summed E-state index contributed by atoms with van der Waals surface area (Å²) < 4.78 is 43.0. The van der Waals surface area contributed by atoms with Crippen LogP contribution in [-0.4, -0.2) is 9.55 Å². The number of aryl methyl sites for hydroxylation is 1. The number of hydrogen-bond donors (Lipinski definition) is 0. The Morgan fingerprint density at radius 1 is 0.535 bits per heavy atom. The fraction of sp³-hybridized carbons (Fsp3) is 0.0488. The summed E-state index contributed by atoms with van der Waals surface area (Å²) in [6, 6.07) is 51.1. The average Bonchev–Trinajstić information content (AvgIpc) is 3.51. The Hall–Kier alpha value is -5.47. The number of nitrogens with zero attached hydrogens (tertiary/aromatic N) is 2. The summed E-state index contributed by atoms with van der Waals surface area (Å²) in [7, 11) is 0. The minimum atomic E-state index is -2.91. The van der Waals surface area contributed by atoms with Crippen LogP contribution < -0.4 is 0 Å². The van der Waals surface area contributed by atoms with Crippen LogP contribution in [0.3, 0.4) is 0 Å². The molecule has 8 rings (SSSR count). The van der Waals surface area contributed by atoms with Gasteiger partial charge in [-0.25, -0.2) is 4.98 Å². The van der Waals surface area contributed by atoms with Crippen LogP contribution in [0, 0.1) is 0 Å². The predicted molar refractivity (Wildman–Crippen MR) is 182 cm³/mol. The van der Waals surface area contributed by atoms with E-state index in [1.165, 1.54) is 32.7 Å². The highest BCUT2D eigenvalue weighted by atomic mass is 15.1. The van der Waals surface area contributed by atoms with Gasteiger partial charge < -0.3 is 0 Å². The van der Waals surface area contributed by atoms with Crippen LogP contribution in [0.25, 0.3) is 71.6 Å². The van der Waals surface area contributed by atoms with Crippen LogP contribution in [0.4, 0.5) is 0 Å². The van der Waals surface area contributed by atoms with E-state index >= 15 is 0 Å². The summed E-state index contributed by atoms with van der Waals surface area (Å²) in [5, 5.41) is 4.72. The SMILES string of the molecule is [2H]C([2H])([2H])C([2H])([2H])c1nc2ccccc2n1-c1ccccc1-c1ccc(-c2c3ccccc3c(-c3ccccc3)c3ccccc23)cc1. The predicted octanol–water partition coefficient (Wildman–Crippen LogP) is 10.9. The third-order valence-corrected chi connectivity index (χ3v) is 8.30. The third-order valence-electron chi connectivity index (χ3n) is 8.30. The maximum atomic E-state index is 8.66. The topological polar surface area (TPSA) is 17.8 Å². The van der Waals surface area contributed by atoms with Crippen molar-refractivity contribution in [1.29, 1.82) is 0 Å². The summed E-state index contributed by atoms with van der Waals surface area (Å²) in [6.45, 7) is -2.91. The van der Waals surface area contributed by atoms with Gasteiger partial charge in [0.2, 0.25) is 0 Å². The number of benzene rings is 7. The fourth-order valence-electron chi connectivity index (χ4n) is 6.44. The van der Waals surface area contributed by atoms with Crippen molar-refractivity contribution in [3.63, 3.8) is 0 Å². The minimum absolute atomic E-state index is 0.149. The van der Waals surface area contributed by atoms with Crippen molar-refractivity contribution in [2.24, 2.45) is 0 Å². The standard InChI is InChI=1S/C41H30N2/c1-2-39-42-36-21-11-13-23-38(36)43(39)37-22-12-10-16-31(37)28-24-26-30(27-25-28)41-34-19-8-6-17-32(34)40(29-14-4-3-5-15-29)33-18-7-9-20-35(33)41/h3-27H,2H2,1H3/i1D3,2D2. The lowest BCUT2D eigenvalue weighted by Gasteiger charge is -2.18. The first-order chi connectivity index (χ1) is 23.2. The van der Waals surface area contributed by atoms with Crippen molar-refractivity contribution in [3.05, 3.63) is 157 Å². The molecule has 0 saturated carbocycles. The highest BCUT2D eigenvalue weighted by molar-refractivity contribution is 6.21. The number of rotatable bonds is 5. The summed E-state index contributed by atoms with van der Waals surface area (Å²) in [5.41, 5.74) is 8.22. The van der Waals surface area contributed by atoms with Crippen LogP contribution in [0.1, 0.15) is 19.5 Å². The van der Waals surface area contributed by atoms with Gasteiger partial charge >= 0.3 is 0 Å². The van der Waals surface area contributed by atoms with Crippen LogP contribution in [0.15, 0.2) is 152 Å². The van der Waals surface area contributed by atoms with E-state index < -0.39 is 13.2 Å². The highest BCUT2D eigenvalue weighted by Crippen LogP contribution is 2.44. The van der Waals surface area contributed by atoms with E-state index in [-0.39, 0.29) is 5.82 Å². The van der Waals surface area contributed by atoms with Gasteiger partial charge in [0.25, 0.3) is 0 Å². The van der Waals surface area contributed by atoms with Crippen molar-refractivity contribution in [2.75, 3.05) is 0 Å². The molecule has 0 unspecified atom stereocenters. The molecule has 0 spiro atoms. The zero-order valence-electron chi connectivity index (χ0n) is 28.3. The lowest BCUT2D eigenvalue weighted by Crippen LogP contribution is -2.02. The average molecular weight is 556 g/mol. The molecule has 2 nitrogen and oxygen atoms in total. The van der Waals surface area contributed by atoms with Gasteiger partial charge in [-0.15, -0.1) is 0 Å². The number of para-hydroxylation sites is 3. The van der Waals surface area contributed by atoms with Crippen molar-refractivity contribution >= 4 is 32.6 Å². The molecule has 0 aliphatic rings. The molecule has 2 heteroatoms. The lowest BCUT2D eigenvalue weighted by atomic mass is 9.85. The second-order valence-corrected chi connectivity index (χ2v) is 10.7. The molecular formula is C41H30N2. The first-order valence-electron chi connectivity index (χ1n) is 16.9. The largest absolute Gasteiger partial charge is 0.296 e. The molecular weight excluding hydrogens is 520 g/mol. The molecule has 0 fully saturated rings. The molecule has 0 atom stereocenters. The van der Waals surface area contributed by atoms with E-state index in [0.717, 1.165) is 22.3 Å². The zero-order valence-corrected chi connectivity index (χ0v) is 23.3. The molecule has 0 N–H and O–H groups in total. The van der Waals surface area contributed by atoms with Gasteiger partial charge in [0.15, 0.2) is 0 Å². The van der Waals surface area contributed by atoms with E-state index in [1.807, 2.05) is 48.5 Å². The van der Waals surface area contributed by atoms with E-state index in [2.05, 4.69) is 102 Å². The van der Waals surface area contributed by atoms with Crippen molar-refractivity contribution < 1.29 is 6.85 Å². The van der Waals surface area contributed by atoms with Gasteiger partial charge in [0.05, 0.1) is 16.7 Å². The quantitative estimate of drug-likeness (QED) is 0.193. The van der Waals surface area contributed by atoms with Crippen LogP contribution in [0.2, 0.25) is 0 Å². The molecule has 0 bridgehead atoms. The summed E-state index contributed by atoms with van der Waals surface area (Å²) in [4.78, 5) is 4.53. The van der Waals surface area contributed by atoms with Crippen molar-refractivity contribution in [3.8, 4) is 39.1 Å². The summed E-state index contributed by atoms with van der Waals surface area (Å²) in [5.74, 6) is -0.149. The molecule has 1 heterocycles. The number of hydrogen-bond acceptors (Lipinski definition) is 1. The maximum absolute atomic E-state index is 8.66. The Labute approximate surface area is 258 Å². The molecule has 0 aliphatic heterocycles. The smallest absolute Gasteiger partial charge is 0.114 e. The number of aromatic nitrogens is 2. The summed E-state index contributed by atoms with van der Waals surface area (Å²) in [6.07, 6.45) is -2.68. The normalized spacial score (nSPS) is 13.8. The van der Waals surface area contributed by atoms with Gasteiger partial charge in [-0.05, 0) is 67.6 Å². The third kappa shape index (κ3) is 4.14. The van der Waals surface area contributed by atoms with Gasteiger partial charge in [0.1, 0.15) is 5.82 Å². The van der Waals surface area contributed by atoms with Crippen molar-refractivity contribution in [2.45, 2.75) is 13.2 Å². The maximum Gasteiger partial charge on any atom is 0.114 e. The highest BCUT2D eigenvalue weighted by Gasteiger charge is 2.18. The van der Waals surface area contributed by atoms with Crippen LogP contribution in [-0.2, 0) is 6.37 Å². The van der Waals surface area contributed by atoms with E-state index in [0.29, 0.717) is 16.7 Å². The Balaban J connectivity index is 1.31. The van der Waals surface area contributed by atoms with E-state index in [9.17, 15) is 0 Å². The van der Waals surface area contributed by atoms with Crippen molar-refractivity contribution in [1.82, 2.24) is 9.55 Å². The molecule has 1 aromatic heterocycles. The number of imidazole rings is 1. The van der Waals surface area contributed by atoms with Gasteiger partial charge in [-0.2, -0.15) is 0 Å². The molecule has 0 saturated heterocycles.